The molecule has 0 radical (unpaired) electrons. The van der Waals surface area contributed by atoms with Gasteiger partial charge in [-0.1, -0.05) is 41.1 Å². The van der Waals surface area contributed by atoms with Crippen molar-refractivity contribution < 1.29 is 4.79 Å². The first kappa shape index (κ1) is 17.7. The van der Waals surface area contributed by atoms with Crippen molar-refractivity contribution in [2.75, 3.05) is 11.1 Å². The molecule has 1 amide bonds. The molecule has 1 heterocycles. The fraction of sp³-hybridized carbons (Fsp3) is 0.250. The SMILES string of the molecule is Cc1ccc(C)c(Cn2nnc(C(=O)Nc3cc(C)ccc3C)c2N)c1. The number of hydrogen-bond acceptors (Lipinski definition) is 4. The van der Waals surface area contributed by atoms with Gasteiger partial charge in [-0.05, 0) is 56.0 Å². The van der Waals surface area contributed by atoms with E-state index in [1.807, 2.05) is 45.9 Å². The fourth-order valence-electron chi connectivity index (χ4n) is 2.78. The van der Waals surface area contributed by atoms with Gasteiger partial charge in [0.25, 0.3) is 5.91 Å². The molecular formula is C20H23N5O. The molecule has 0 saturated carbocycles. The van der Waals surface area contributed by atoms with E-state index in [1.54, 1.807) is 4.68 Å². The predicted molar refractivity (Wildman–Crippen MR) is 103 cm³/mol. The van der Waals surface area contributed by atoms with Crippen LogP contribution in [0.25, 0.3) is 0 Å². The van der Waals surface area contributed by atoms with Crippen LogP contribution in [0.4, 0.5) is 11.5 Å². The number of aryl methyl sites for hydroxylation is 4. The highest BCUT2D eigenvalue weighted by atomic mass is 16.2. The molecule has 0 aliphatic carbocycles. The number of nitrogens with two attached hydrogens (primary N) is 1. The number of carbonyl (C=O) groups is 1. The third-order valence-electron chi connectivity index (χ3n) is 4.45. The summed E-state index contributed by atoms with van der Waals surface area (Å²) in [5.74, 6) is -0.0999. The highest BCUT2D eigenvalue weighted by Gasteiger charge is 2.18. The standard InChI is InChI=1S/C20H23N5O/c1-12-5-7-14(3)16(9-12)11-25-19(21)18(23-24-25)20(26)22-17-10-13(2)6-8-15(17)4/h5-10H,11,21H2,1-4H3,(H,22,26). The van der Waals surface area contributed by atoms with Crippen LogP contribution in [0, 0.1) is 27.7 Å². The van der Waals surface area contributed by atoms with Gasteiger partial charge in [-0.15, -0.1) is 5.10 Å². The van der Waals surface area contributed by atoms with Crippen LogP contribution in [-0.2, 0) is 6.54 Å². The second-order valence-corrected chi connectivity index (χ2v) is 6.68. The average Bonchev–Trinajstić information content (AvgIpc) is 2.95. The smallest absolute Gasteiger partial charge is 0.280 e. The van der Waals surface area contributed by atoms with Gasteiger partial charge < -0.3 is 11.1 Å². The van der Waals surface area contributed by atoms with Crippen LogP contribution in [0.3, 0.4) is 0 Å². The molecule has 134 valence electrons. The van der Waals surface area contributed by atoms with Gasteiger partial charge in [-0.25, -0.2) is 4.68 Å². The van der Waals surface area contributed by atoms with E-state index in [-0.39, 0.29) is 17.4 Å². The Hall–Kier alpha value is -3.15. The summed E-state index contributed by atoms with van der Waals surface area (Å²) >= 11 is 0. The van der Waals surface area contributed by atoms with Crippen LogP contribution < -0.4 is 11.1 Å². The molecule has 2 aromatic carbocycles. The summed E-state index contributed by atoms with van der Waals surface area (Å²) in [5.41, 5.74) is 12.5. The van der Waals surface area contributed by atoms with Crippen molar-refractivity contribution in [3.63, 3.8) is 0 Å². The van der Waals surface area contributed by atoms with Gasteiger partial charge in [0.2, 0.25) is 0 Å². The molecule has 3 aromatic rings. The third-order valence-corrected chi connectivity index (χ3v) is 4.45. The highest BCUT2D eigenvalue weighted by Crippen LogP contribution is 2.19. The van der Waals surface area contributed by atoms with Gasteiger partial charge >= 0.3 is 0 Å². The maximum Gasteiger partial charge on any atom is 0.280 e. The lowest BCUT2D eigenvalue weighted by atomic mass is 10.1. The Balaban J connectivity index is 1.83. The maximum absolute atomic E-state index is 12.6. The van der Waals surface area contributed by atoms with Gasteiger partial charge in [0.05, 0.1) is 6.54 Å². The molecule has 3 rings (SSSR count). The van der Waals surface area contributed by atoms with Crippen molar-refractivity contribution in [1.29, 1.82) is 0 Å². The van der Waals surface area contributed by atoms with Gasteiger partial charge in [-0.2, -0.15) is 0 Å². The Morgan fingerprint density at radius 3 is 2.42 bits per heavy atom. The lowest BCUT2D eigenvalue weighted by molar-refractivity contribution is 0.102. The van der Waals surface area contributed by atoms with E-state index in [9.17, 15) is 4.79 Å². The number of aromatic nitrogens is 3. The zero-order chi connectivity index (χ0) is 18.8. The number of nitrogen functional groups attached to an aromatic ring is 1. The number of benzene rings is 2. The summed E-state index contributed by atoms with van der Waals surface area (Å²) in [6.07, 6.45) is 0. The number of nitrogens with zero attached hydrogens (tertiary/aromatic N) is 3. The van der Waals surface area contributed by atoms with E-state index in [0.717, 1.165) is 33.5 Å². The second-order valence-electron chi connectivity index (χ2n) is 6.68. The molecule has 6 heteroatoms. The Morgan fingerprint density at radius 1 is 1.04 bits per heavy atom. The first-order valence-electron chi connectivity index (χ1n) is 8.49. The Labute approximate surface area is 153 Å². The highest BCUT2D eigenvalue weighted by molar-refractivity contribution is 6.06. The van der Waals surface area contributed by atoms with Crippen molar-refractivity contribution in [1.82, 2.24) is 15.0 Å². The summed E-state index contributed by atoms with van der Waals surface area (Å²) in [4.78, 5) is 12.6. The van der Waals surface area contributed by atoms with Crippen molar-refractivity contribution in [2.24, 2.45) is 0 Å². The number of hydrogen-bond donors (Lipinski definition) is 2. The van der Waals surface area contributed by atoms with E-state index in [1.165, 1.54) is 0 Å². The van der Waals surface area contributed by atoms with E-state index >= 15 is 0 Å². The molecule has 0 bridgehead atoms. The van der Waals surface area contributed by atoms with Crippen molar-refractivity contribution in [3.05, 3.63) is 69.9 Å². The van der Waals surface area contributed by atoms with Gasteiger partial charge in [-0.3, -0.25) is 4.79 Å². The molecule has 0 aliphatic rings. The molecular weight excluding hydrogens is 326 g/mol. The predicted octanol–water partition coefficient (Wildman–Crippen LogP) is 3.39. The first-order valence-corrected chi connectivity index (χ1v) is 8.49. The molecule has 26 heavy (non-hydrogen) atoms. The van der Waals surface area contributed by atoms with E-state index in [4.69, 9.17) is 5.73 Å². The van der Waals surface area contributed by atoms with Crippen LogP contribution in [0.2, 0.25) is 0 Å². The minimum atomic E-state index is -0.358. The largest absolute Gasteiger partial charge is 0.382 e. The molecule has 3 N–H and O–H groups in total. The minimum Gasteiger partial charge on any atom is -0.382 e. The van der Waals surface area contributed by atoms with Crippen LogP contribution in [0.1, 0.15) is 38.3 Å². The summed E-state index contributed by atoms with van der Waals surface area (Å²) < 4.78 is 1.56. The fourth-order valence-corrected chi connectivity index (χ4v) is 2.78. The number of nitrogens with one attached hydrogen (secondary N) is 1. The van der Waals surface area contributed by atoms with Crippen LogP contribution >= 0.6 is 0 Å². The molecule has 0 fully saturated rings. The number of carbonyl (C=O) groups excluding carboxylic acids is 1. The third kappa shape index (κ3) is 3.59. The first-order chi connectivity index (χ1) is 12.3. The molecule has 0 unspecified atom stereocenters. The van der Waals surface area contributed by atoms with Gasteiger partial charge in [0, 0.05) is 5.69 Å². The Morgan fingerprint density at radius 2 is 1.69 bits per heavy atom. The number of anilines is 2. The average molecular weight is 349 g/mol. The molecule has 0 aliphatic heterocycles. The van der Waals surface area contributed by atoms with Crippen molar-refractivity contribution >= 4 is 17.4 Å². The van der Waals surface area contributed by atoms with Crippen LogP contribution in [-0.4, -0.2) is 20.9 Å². The Kier molecular flexibility index (Phi) is 4.75. The van der Waals surface area contributed by atoms with Crippen LogP contribution in [0.5, 0.6) is 0 Å². The lowest BCUT2D eigenvalue weighted by Gasteiger charge is -2.09. The number of rotatable bonds is 4. The maximum atomic E-state index is 12.6. The number of amides is 1. The second kappa shape index (κ2) is 7.00. The van der Waals surface area contributed by atoms with Crippen molar-refractivity contribution in [2.45, 2.75) is 34.2 Å². The lowest BCUT2D eigenvalue weighted by Crippen LogP contribution is -2.16. The normalized spacial score (nSPS) is 10.8. The minimum absolute atomic E-state index is 0.135. The molecule has 6 nitrogen and oxygen atoms in total. The summed E-state index contributed by atoms with van der Waals surface area (Å²) in [5, 5.41) is 10.9. The van der Waals surface area contributed by atoms with E-state index in [2.05, 4.69) is 33.8 Å². The zero-order valence-electron chi connectivity index (χ0n) is 15.5. The molecule has 0 atom stereocenters. The topological polar surface area (TPSA) is 85.8 Å². The van der Waals surface area contributed by atoms with Crippen LogP contribution in [0.15, 0.2) is 36.4 Å². The summed E-state index contributed by atoms with van der Waals surface area (Å²) in [7, 11) is 0. The quantitative estimate of drug-likeness (QED) is 0.756. The summed E-state index contributed by atoms with van der Waals surface area (Å²) in [6, 6.07) is 12.1. The summed E-state index contributed by atoms with van der Waals surface area (Å²) in [6.45, 7) is 8.47. The van der Waals surface area contributed by atoms with Crippen molar-refractivity contribution in [3.8, 4) is 0 Å². The molecule has 1 aromatic heterocycles. The van der Waals surface area contributed by atoms with E-state index in [0.29, 0.717) is 6.54 Å². The van der Waals surface area contributed by atoms with Gasteiger partial charge in [0.1, 0.15) is 0 Å². The molecule has 0 saturated heterocycles. The van der Waals surface area contributed by atoms with Gasteiger partial charge in [0.15, 0.2) is 11.5 Å². The molecule has 0 spiro atoms. The monoisotopic (exact) mass is 349 g/mol. The zero-order valence-corrected chi connectivity index (χ0v) is 15.5. The van der Waals surface area contributed by atoms with E-state index < -0.39 is 0 Å². The Bertz CT molecular complexity index is 974.